The van der Waals surface area contributed by atoms with Gasteiger partial charge in [0, 0.05) is 18.3 Å². The molecule has 1 aliphatic rings. The van der Waals surface area contributed by atoms with Crippen LogP contribution in [0.5, 0.6) is 0 Å². The first-order valence-corrected chi connectivity index (χ1v) is 11.7. The van der Waals surface area contributed by atoms with Crippen LogP contribution in [0.2, 0.25) is 0 Å². The van der Waals surface area contributed by atoms with Gasteiger partial charge in [-0.05, 0) is 24.5 Å². The van der Waals surface area contributed by atoms with Gasteiger partial charge in [-0.25, -0.2) is 18.2 Å². The highest BCUT2D eigenvalue weighted by atomic mass is 19.4. The Morgan fingerprint density at radius 2 is 1.79 bits per heavy atom. The van der Waals surface area contributed by atoms with Crippen molar-refractivity contribution in [1.82, 2.24) is 14.9 Å². The number of pyridine rings is 2. The molecular formula is C25H22F6N4O4. The van der Waals surface area contributed by atoms with Crippen LogP contribution in [0.3, 0.4) is 0 Å². The number of carbonyl (C=O) groups excluding carboxylic acids is 2. The molecule has 3 aromatic rings. The molecule has 2 atom stereocenters. The summed E-state index contributed by atoms with van der Waals surface area (Å²) in [6.45, 7) is 2.85. The topological polar surface area (TPSA) is 105 Å². The summed E-state index contributed by atoms with van der Waals surface area (Å²) in [7, 11) is 0. The second-order valence-corrected chi connectivity index (χ2v) is 9.56. The molecule has 208 valence electrons. The second-order valence-electron chi connectivity index (χ2n) is 9.56. The molecule has 0 bridgehead atoms. The molecule has 1 fully saturated rings. The van der Waals surface area contributed by atoms with Crippen LogP contribution in [0, 0.1) is 23.4 Å². The van der Waals surface area contributed by atoms with E-state index in [1.165, 1.54) is 19.9 Å². The number of hydrogen-bond acceptors (Lipinski definition) is 5. The van der Waals surface area contributed by atoms with E-state index >= 15 is 0 Å². The van der Waals surface area contributed by atoms with Crippen molar-refractivity contribution < 1.29 is 41.0 Å². The third kappa shape index (κ3) is 5.60. The zero-order valence-corrected chi connectivity index (χ0v) is 20.5. The van der Waals surface area contributed by atoms with E-state index < -0.39 is 87.6 Å². The van der Waals surface area contributed by atoms with Gasteiger partial charge in [-0.1, -0.05) is 13.8 Å². The van der Waals surface area contributed by atoms with Gasteiger partial charge in [-0.15, -0.1) is 0 Å². The van der Waals surface area contributed by atoms with E-state index in [1.807, 2.05) is 0 Å². The SMILES string of the molecule is CC(C)C[C@@H](NC(=O)c1cn(-c2c(F)cc(F)cc2F)c2nc(N3C[C@@H](O)CC3=O)ccc2c1=O)C(F)(F)F. The van der Waals surface area contributed by atoms with E-state index in [-0.39, 0.29) is 18.8 Å². The average molecular weight is 556 g/mol. The molecule has 1 aliphatic heterocycles. The number of rotatable bonds is 6. The number of β-amino-alcohol motifs (C(OH)–C–C–N with tert-alkyl or cyclic N) is 1. The molecule has 2 amide bonds. The van der Waals surface area contributed by atoms with Crippen molar-refractivity contribution in [3.63, 3.8) is 0 Å². The fourth-order valence-corrected chi connectivity index (χ4v) is 4.33. The number of alkyl halides is 3. The van der Waals surface area contributed by atoms with Crippen LogP contribution in [0.15, 0.2) is 35.3 Å². The minimum atomic E-state index is -4.85. The highest BCUT2D eigenvalue weighted by Crippen LogP contribution is 2.28. The second kappa shape index (κ2) is 10.3. The molecule has 0 saturated carbocycles. The summed E-state index contributed by atoms with van der Waals surface area (Å²) in [6, 6.07) is 0.602. The number of nitrogens with one attached hydrogen (secondary N) is 1. The molecular weight excluding hydrogens is 534 g/mol. The van der Waals surface area contributed by atoms with Crippen molar-refractivity contribution in [3.8, 4) is 5.69 Å². The Morgan fingerprint density at radius 1 is 1.15 bits per heavy atom. The van der Waals surface area contributed by atoms with Crippen molar-refractivity contribution in [3.05, 3.63) is 63.7 Å². The first kappa shape index (κ1) is 28.1. The molecule has 4 rings (SSSR count). The number of aliphatic hydroxyl groups excluding tert-OH is 1. The monoisotopic (exact) mass is 556 g/mol. The fourth-order valence-electron chi connectivity index (χ4n) is 4.33. The lowest BCUT2D eigenvalue weighted by atomic mass is 10.0. The Hall–Kier alpha value is -3.94. The quantitative estimate of drug-likeness (QED) is 0.452. The summed E-state index contributed by atoms with van der Waals surface area (Å²) < 4.78 is 84.6. The van der Waals surface area contributed by atoms with Gasteiger partial charge in [-0.2, -0.15) is 13.2 Å². The lowest BCUT2D eigenvalue weighted by Crippen LogP contribution is -2.47. The van der Waals surface area contributed by atoms with Crippen LogP contribution in [-0.4, -0.2) is 51.3 Å². The fraction of sp³-hybridized carbons (Fsp3) is 0.360. The standard InChI is InChI=1S/C25H22F6N4O4/c1-11(2)5-18(25(29,30)31)32-24(39)15-10-35(21-16(27)6-12(26)7-17(21)28)23-14(22(15)38)3-4-19(33-23)34-9-13(36)8-20(34)37/h3-4,6-7,10-11,13,18,36H,5,8-9H2,1-2H3,(H,32,39)/t13-,18+/m0/s1. The molecule has 14 heteroatoms. The number of hydrogen-bond donors (Lipinski definition) is 2. The zero-order valence-electron chi connectivity index (χ0n) is 20.5. The Morgan fingerprint density at radius 3 is 2.33 bits per heavy atom. The van der Waals surface area contributed by atoms with Crippen molar-refractivity contribution in [1.29, 1.82) is 0 Å². The number of nitrogens with zero attached hydrogens (tertiary/aromatic N) is 3. The molecule has 8 nitrogen and oxygen atoms in total. The molecule has 39 heavy (non-hydrogen) atoms. The first-order valence-electron chi connectivity index (χ1n) is 11.7. The van der Waals surface area contributed by atoms with Gasteiger partial charge in [-0.3, -0.25) is 23.9 Å². The Labute approximate surface area is 216 Å². The first-order chi connectivity index (χ1) is 18.2. The summed E-state index contributed by atoms with van der Waals surface area (Å²) >= 11 is 0. The summed E-state index contributed by atoms with van der Waals surface area (Å²) in [4.78, 5) is 43.6. The van der Waals surface area contributed by atoms with Gasteiger partial charge in [0.05, 0.1) is 24.5 Å². The largest absolute Gasteiger partial charge is 0.408 e. The lowest BCUT2D eigenvalue weighted by molar-refractivity contribution is -0.156. The molecule has 1 saturated heterocycles. The predicted molar refractivity (Wildman–Crippen MR) is 127 cm³/mol. The third-order valence-electron chi connectivity index (χ3n) is 6.09. The summed E-state index contributed by atoms with van der Waals surface area (Å²) in [5, 5.41) is 11.1. The van der Waals surface area contributed by atoms with E-state index in [1.54, 1.807) is 5.32 Å². The molecule has 2 N–H and O–H groups in total. The van der Waals surface area contributed by atoms with Gasteiger partial charge >= 0.3 is 6.18 Å². The molecule has 0 radical (unpaired) electrons. The maximum Gasteiger partial charge on any atom is 0.408 e. The van der Waals surface area contributed by atoms with Gasteiger partial charge in [0.2, 0.25) is 11.3 Å². The van der Waals surface area contributed by atoms with Gasteiger partial charge in [0.25, 0.3) is 5.91 Å². The summed E-state index contributed by atoms with van der Waals surface area (Å²) in [5.41, 5.74) is -3.42. The van der Waals surface area contributed by atoms with Gasteiger partial charge in [0.15, 0.2) is 17.3 Å². The minimum absolute atomic E-state index is 0.105. The van der Waals surface area contributed by atoms with Gasteiger partial charge < -0.3 is 10.4 Å². The van der Waals surface area contributed by atoms with Crippen molar-refractivity contribution in [2.75, 3.05) is 11.4 Å². The number of anilines is 1. The maximum atomic E-state index is 14.8. The highest BCUT2D eigenvalue weighted by Gasteiger charge is 2.41. The number of carbonyl (C=O) groups is 2. The van der Waals surface area contributed by atoms with Crippen molar-refractivity contribution >= 4 is 28.7 Å². The minimum Gasteiger partial charge on any atom is -0.391 e. The van der Waals surface area contributed by atoms with Crippen molar-refractivity contribution in [2.24, 2.45) is 5.92 Å². The van der Waals surface area contributed by atoms with E-state index in [9.17, 15) is 45.8 Å². The van der Waals surface area contributed by atoms with E-state index in [4.69, 9.17) is 0 Å². The van der Waals surface area contributed by atoms with Crippen LogP contribution in [0.4, 0.5) is 32.2 Å². The molecule has 0 aliphatic carbocycles. The smallest absolute Gasteiger partial charge is 0.391 e. The Bertz CT molecular complexity index is 1500. The van der Waals surface area contributed by atoms with Crippen LogP contribution in [0.25, 0.3) is 16.7 Å². The Balaban J connectivity index is 1.94. The summed E-state index contributed by atoms with van der Waals surface area (Å²) in [5.74, 6) is -6.77. The lowest BCUT2D eigenvalue weighted by Gasteiger charge is -2.23. The predicted octanol–water partition coefficient (Wildman–Crippen LogP) is 3.61. The van der Waals surface area contributed by atoms with Crippen LogP contribution in [-0.2, 0) is 4.79 Å². The molecule has 0 unspecified atom stereocenters. The zero-order chi connectivity index (χ0) is 28.8. The Kier molecular flexibility index (Phi) is 7.43. The number of benzene rings is 1. The molecule has 3 heterocycles. The number of fused-ring (bicyclic) bond motifs is 1. The normalized spacial score (nSPS) is 16.8. The molecule has 2 aromatic heterocycles. The summed E-state index contributed by atoms with van der Waals surface area (Å²) in [6.07, 6.45) is -5.97. The van der Waals surface area contributed by atoms with Gasteiger partial charge in [0.1, 0.15) is 28.9 Å². The average Bonchev–Trinajstić information content (AvgIpc) is 3.16. The van der Waals surface area contributed by atoms with E-state index in [0.717, 1.165) is 11.0 Å². The van der Waals surface area contributed by atoms with E-state index in [0.29, 0.717) is 22.9 Å². The van der Waals surface area contributed by atoms with Crippen molar-refractivity contribution in [2.45, 2.75) is 45.0 Å². The molecule has 1 aromatic carbocycles. The van der Waals surface area contributed by atoms with E-state index in [2.05, 4.69) is 4.98 Å². The van der Waals surface area contributed by atoms with Crippen LogP contribution < -0.4 is 15.6 Å². The number of aliphatic hydroxyl groups is 1. The maximum absolute atomic E-state index is 14.8. The van der Waals surface area contributed by atoms with Crippen LogP contribution in [0.1, 0.15) is 37.0 Å². The molecule has 0 spiro atoms. The van der Waals surface area contributed by atoms with Crippen LogP contribution >= 0.6 is 0 Å². The number of aromatic nitrogens is 2. The number of halogens is 6. The highest BCUT2D eigenvalue weighted by molar-refractivity contribution is 5.99. The third-order valence-corrected chi connectivity index (χ3v) is 6.09. The number of amides is 2.